The predicted octanol–water partition coefficient (Wildman–Crippen LogP) is 2.86. The largest absolute Gasteiger partial charge is 0.382 e. The maximum Gasteiger partial charge on any atom is 0.278 e. The summed E-state index contributed by atoms with van der Waals surface area (Å²) < 4.78 is 0. The Kier molecular flexibility index (Phi) is 4.49. The fourth-order valence-corrected chi connectivity index (χ4v) is 2.61. The fourth-order valence-electron chi connectivity index (χ4n) is 1.83. The predicted molar refractivity (Wildman–Crippen MR) is 89.2 cm³/mol. The highest BCUT2D eigenvalue weighted by Gasteiger charge is 2.14. The van der Waals surface area contributed by atoms with Crippen molar-refractivity contribution in [3.63, 3.8) is 0 Å². The molecule has 2 aromatic heterocycles. The lowest BCUT2D eigenvalue weighted by atomic mass is 10.3. The molecule has 0 saturated carbocycles. The number of rotatable bonds is 4. The van der Waals surface area contributed by atoms with Crippen LogP contribution in [-0.4, -0.2) is 20.9 Å². The Morgan fingerprint density at radius 1 is 1.09 bits per heavy atom. The molecule has 0 aliphatic rings. The number of anilines is 2. The van der Waals surface area contributed by atoms with Crippen LogP contribution in [0.5, 0.6) is 0 Å². The van der Waals surface area contributed by atoms with Crippen molar-refractivity contribution in [1.29, 1.82) is 0 Å². The van der Waals surface area contributed by atoms with Crippen LogP contribution in [0, 0.1) is 0 Å². The van der Waals surface area contributed by atoms with Gasteiger partial charge in [0.05, 0.1) is 18.1 Å². The molecule has 1 amide bonds. The minimum Gasteiger partial charge on any atom is -0.382 e. The maximum atomic E-state index is 12.3. The molecule has 23 heavy (non-hydrogen) atoms. The van der Waals surface area contributed by atoms with Gasteiger partial charge >= 0.3 is 0 Å². The molecular formula is C16H13N5OS. The van der Waals surface area contributed by atoms with E-state index in [0.717, 1.165) is 4.90 Å². The molecule has 0 bridgehead atoms. The van der Waals surface area contributed by atoms with E-state index in [2.05, 4.69) is 20.3 Å². The van der Waals surface area contributed by atoms with E-state index >= 15 is 0 Å². The molecule has 3 rings (SSSR count). The zero-order chi connectivity index (χ0) is 16.1. The van der Waals surface area contributed by atoms with Gasteiger partial charge in [-0.1, -0.05) is 30.0 Å². The Labute approximate surface area is 137 Å². The van der Waals surface area contributed by atoms with Gasteiger partial charge < -0.3 is 11.1 Å². The van der Waals surface area contributed by atoms with Crippen LogP contribution >= 0.6 is 11.8 Å². The second-order valence-corrected chi connectivity index (χ2v) is 5.65. The van der Waals surface area contributed by atoms with Gasteiger partial charge in [-0.2, -0.15) is 0 Å². The van der Waals surface area contributed by atoms with Crippen LogP contribution in [0.2, 0.25) is 0 Å². The number of nitrogen functional groups attached to an aromatic ring is 1. The quantitative estimate of drug-likeness (QED) is 0.767. The topological polar surface area (TPSA) is 93.8 Å². The average Bonchev–Trinajstić information content (AvgIpc) is 2.58. The Morgan fingerprint density at radius 3 is 2.65 bits per heavy atom. The van der Waals surface area contributed by atoms with Crippen LogP contribution in [0.25, 0.3) is 0 Å². The maximum absolute atomic E-state index is 12.3. The third kappa shape index (κ3) is 3.83. The number of aromatic nitrogens is 3. The zero-order valence-corrected chi connectivity index (χ0v) is 12.8. The van der Waals surface area contributed by atoms with E-state index in [1.165, 1.54) is 11.8 Å². The minimum atomic E-state index is -0.418. The highest BCUT2D eigenvalue weighted by molar-refractivity contribution is 7.99. The van der Waals surface area contributed by atoms with Crippen molar-refractivity contribution in [2.75, 3.05) is 11.1 Å². The summed E-state index contributed by atoms with van der Waals surface area (Å²) in [5, 5.41) is 3.30. The van der Waals surface area contributed by atoms with E-state index in [1.54, 1.807) is 30.7 Å². The third-order valence-corrected chi connectivity index (χ3v) is 3.79. The van der Waals surface area contributed by atoms with Crippen molar-refractivity contribution in [2.45, 2.75) is 9.92 Å². The lowest BCUT2D eigenvalue weighted by Gasteiger charge is -2.07. The van der Waals surface area contributed by atoms with Gasteiger partial charge in [0.25, 0.3) is 5.91 Å². The SMILES string of the molecule is Nc1ncc(Sc2ccccc2)nc1C(=O)Nc1cccnc1. The first-order chi connectivity index (χ1) is 11.2. The molecule has 1 aromatic carbocycles. The first-order valence-corrected chi connectivity index (χ1v) is 7.61. The van der Waals surface area contributed by atoms with Crippen molar-refractivity contribution in [1.82, 2.24) is 15.0 Å². The van der Waals surface area contributed by atoms with Gasteiger partial charge in [0.15, 0.2) is 11.5 Å². The first-order valence-electron chi connectivity index (χ1n) is 6.79. The molecule has 0 saturated heterocycles. The number of benzene rings is 1. The van der Waals surface area contributed by atoms with Crippen LogP contribution in [0.3, 0.4) is 0 Å². The summed E-state index contributed by atoms with van der Waals surface area (Å²) in [7, 11) is 0. The lowest BCUT2D eigenvalue weighted by molar-refractivity contribution is 0.102. The number of pyridine rings is 1. The normalized spacial score (nSPS) is 10.3. The number of hydrogen-bond donors (Lipinski definition) is 2. The number of carbonyl (C=O) groups is 1. The number of hydrogen-bond acceptors (Lipinski definition) is 6. The number of nitrogens with one attached hydrogen (secondary N) is 1. The summed E-state index contributed by atoms with van der Waals surface area (Å²) >= 11 is 1.41. The van der Waals surface area contributed by atoms with Crippen LogP contribution in [-0.2, 0) is 0 Å². The van der Waals surface area contributed by atoms with Crippen molar-refractivity contribution in [2.24, 2.45) is 0 Å². The number of nitrogens with two attached hydrogens (primary N) is 1. The summed E-state index contributed by atoms with van der Waals surface area (Å²) in [4.78, 5) is 25.6. The van der Waals surface area contributed by atoms with E-state index in [1.807, 2.05) is 30.3 Å². The summed E-state index contributed by atoms with van der Waals surface area (Å²) in [6, 6.07) is 13.2. The summed E-state index contributed by atoms with van der Waals surface area (Å²) in [5.74, 6) is -0.331. The molecule has 0 aliphatic heterocycles. The van der Waals surface area contributed by atoms with Crippen LogP contribution in [0.15, 0.2) is 71.0 Å². The molecule has 7 heteroatoms. The number of amides is 1. The van der Waals surface area contributed by atoms with Gasteiger partial charge in [-0.05, 0) is 24.3 Å². The Hall–Kier alpha value is -2.93. The van der Waals surface area contributed by atoms with E-state index in [9.17, 15) is 4.79 Å². The minimum absolute atomic E-state index is 0.0869. The zero-order valence-electron chi connectivity index (χ0n) is 12.0. The molecule has 0 radical (unpaired) electrons. The number of carbonyl (C=O) groups excluding carboxylic acids is 1. The highest BCUT2D eigenvalue weighted by atomic mass is 32.2. The molecule has 114 valence electrons. The van der Waals surface area contributed by atoms with Crippen molar-refractivity contribution in [3.05, 3.63) is 66.7 Å². The van der Waals surface area contributed by atoms with Crippen molar-refractivity contribution in [3.8, 4) is 0 Å². The van der Waals surface area contributed by atoms with E-state index in [4.69, 9.17) is 5.73 Å². The highest BCUT2D eigenvalue weighted by Crippen LogP contribution is 2.26. The second kappa shape index (κ2) is 6.89. The molecule has 0 atom stereocenters. The molecule has 0 aliphatic carbocycles. The molecule has 2 heterocycles. The van der Waals surface area contributed by atoms with Crippen molar-refractivity contribution >= 4 is 29.2 Å². The van der Waals surface area contributed by atoms with Gasteiger partial charge in [0.2, 0.25) is 0 Å². The first kappa shape index (κ1) is 15.0. The van der Waals surface area contributed by atoms with Gasteiger partial charge in [-0.25, -0.2) is 9.97 Å². The van der Waals surface area contributed by atoms with Gasteiger partial charge in [-0.15, -0.1) is 0 Å². The monoisotopic (exact) mass is 323 g/mol. The summed E-state index contributed by atoms with van der Waals surface area (Å²) in [5.41, 5.74) is 6.44. The standard InChI is InChI=1S/C16H13N5OS/c17-15-14(16(22)20-11-5-4-8-18-9-11)21-13(10-19-15)23-12-6-2-1-3-7-12/h1-10H,(H2,17,19)(H,20,22). The summed E-state index contributed by atoms with van der Waals surface area (Å²) in [6.07, 6.45) is 4.72. The van der Waals surface area contributed by atoms with Gasteiger partial charge in [-0.3, -0.25) is 9.78 Å². The molecule has 0 unspecified atom stereocenters. The molecule has 6 nitrogen and oxygen atoms in total. The van der Waals surface area contributed by atoms with Crippen LogP contribution in [0.1, 0.15) is 10.5 Å². The smallest absolute Gasteiger partial charge is 0.278 e. The Balaban J connectivity index is 1.81. The van der Waals surface area contributed by atoms with Crippen LogP contribution < -0.4 is 11.1 Å². The fraction of sp³-hybridized carbons (Fsp3) is 0. The van der Waals surface area contributed by atoms with Gasteiger partial charge in [0.1, 0.15) is 5.03 Å². The van der Waals surface area contributed by atoms with E-state index < -0.39 is 5.91 Å². The van der Waals surface area contributed by atoms with E-state index in [0.29, 0.717) is 10.7 Å². The third-order valence-electron chi connectivity index (χ3n) is 2.88. The molecular weight excluding hydrogens is 310 g/mol. The Morgan fingerprint density at radius 2 is 1.91 bits per heavy atom. The van der Waals surface area contributed by atoms with Crippen LogP contribution in [0.4, 0.5) is 11.5 Å². The number of nitrogens with zero attached hydrogens (tertiary/aromatic N) is 3. The molecule has 3 aromatic rings. The second-order valence-electron chi connectivity index (χ2n) is 4.55. The molecule has 3 N–H and O–H groups in total. The molecule has 0 fully saturated rings. The Bertz CT molecular complexity index is 811. The average molecular weight is 323 g/mol. The molecule has 0 spiro atoms. The lowest BCUT2D eigenvalue weighted by Crippen LogP contribution is -2.17. The van der Waals surface area contributed by atoms with Crippen molar-refractivity contribution < 1.29 is 4.79 Å². The van der Waals surface area contributed by atoms with Gasteiger partial charge in [0, 0.05) is 11.1 Å². The summed E-state index contributed by atoms with van der Waals surface area (Å²) in [6.45, 7) is 0. The van der Waals surface area contributed by atoms with E-state index in [-0.39, 0.29) is 11.5 Å².